The third-order valence-corrected chi connectivity index (χ3v) is 6.65. The van der Waals surface area contributed by atoms with Gasteiger partial charge in [-0.2, -0.15) is 0 Å². The van der Waals surface area contributed by atoms with Crippen LogP contribution in [0.25, 0.3) is 6.08 Å². The van der Waals surface area contributed by atoms with Crippen molar-refractivity contribution in [3.8, 4) is 23.0 Å². The Morgan fingerprint density at radius 2 is 1.49 bits per heavy atom. The summed E-state index contributed by atoms with van der Waals surface area (Å²) < 4.78 is 47.2. The Balaban J connectivity index is 1.79. The largest absolute Gasteiger partial charge is 0.496 e. The van der Waals surface area contributed by atoms with Crippen LogP contribution in [0.5, 0.6) is 23.0 Å². The van der Waals surface area contributed by atoms with Crippen molar-refractivity contribution >= 4 is 27.4 Å². The average molecular weight is 524 g/mol. The second-order valence-corrected chi connectivity index (χ2v) is 9.68. The predicted octanol–water partition coefficient (Wildman–Crippen LogP) is 5.12. The Morgan fingerprint density at radius 3 is 2.08 bits per heavy atom. The van der Waals surface area contributed by atoms with E-state index >= 15 is 0 Å². The van der Waals surface area contributed by atoms with E-state index in [1.807, 2.05) is 6.07 Å². The van der Waals surface area contributed by atoms with Gasteiger partial charge >= 0.3 is 0 Å². The summed E-state index contributed by atoms with van der Waals surface area (Å²) in [6.07, 6.45) is 4.33. The van der Waals surface area contributed by atoms with Crippen molar-refractivity contribution in [2.24, 2.45) is 0 Å². The molecule has 3 aromatic carbocycles. The van der Waals surface area contributed by atoms with Gasteiger partial charge in [0.15, 0.2) is 15.6 Å². The van der Waals surface area contributed by atoms with Gasteiger partial charge in [0.2, 0.25) is 0 Å². The maximum absolute atomic E-state index is 12.9. The molecule has 9 heteroatoms. The van der Waals surface area contributed by atoms with E-state index in [4.69, 9.17) is 18.9 Å². The molecule has 3 rings (SSSR count). The zero-order valence-corrected chi connectivity index (χ0v) is 21.9. The van der Waals surface area contributed by atoms with Crippen molar-refractivity contribution in [3.63, 3.8) is 0 Å². The van der Waals surface area contributed by atoms with Crippen molar-refractivity contribution in [1.29, 1.82) is 0 Å². The molecular weight excluding hydrogens is 494 g/mol. The molecule has 1 N–H and O–H groups in total. The predicted molar refractivity (Wildman–Crippen MR) is 144 cm³/mol. The second kappa shape index (κ2) is 12.6. The molecule has 0 aliphatic heterocycles. The van der Waals surface area contributed by atoms with E-state index in [1.54, 1.807) is 54.6 Å². The number of carbonyl (C=O) groups excluding carboxylic acids is 1. The second-order valence-electron chi connectivity index (χ2n) is 7.80. The van der Waals surface area contributed by atoms with Crippen LogP contribution < -0.4 is 24.3 Å². The Morgan fingerprint density at radius 1 is 0.838 bits per heavy atom. The van der Waals surface area contributed by atoms with Gasteiger partial charge < -0.3 is 24.3 Å². The SMILES string of the molecule is COc1cc(OC)c(/C=C/S(=O)(=O)Cc2ccc(OC)c(N/C=C\C(=O)c3ccccc3)c2)c(OC)c1. The molecule has 0 saturated heterocycles. The lowest BCUT2D eigenvalue weighted by Crippen LogP contribution is -2.02. The summed E-state index contributed by atoms with van der Waals surface area (Å²) >= 11 is 0. The normalized spacial score (nSPS) is 11.5. The third kappa shape index (κ3) is 7.37. The van der Waals surface area contributed by atoms with Crippen molar-refractivity contribution in [3.05, 3.63) is 95.0 Å². The Hall–Kier alpha value is -4.24. The van der Waals surface area contributed by atoms with Crippen LogP contribution in [-0.4, -0.2) is 42.6 Å². The Kier molecular flexibility index (Phi) is 9.34. The molecule has 0 aromatic heterocycles. The number of hydrogen-bond donors (Lipinski definition) is 1. The summed E-state index contributed by atoms with van der Waals surface area (Å²) in [5.74, 6) is 1.43. The summed E-state index contributed by atoms with van der Waals surface area (Å²) in [5.41, 5.74) is 2.09. The maximum atomic E-state index is 12.9. The van der Waals surface area contributed by atoms with E-state index in [0.717, 1.165) is 5.41 Å². The van der Waals surface area contributed by atoms with Crippen molar-refractivity contribution in [2.75, 3.05) is 33.8 Å². The molecule has 0 radical (unpaired) electrons. The smallest absolute Gasteiger partial charge is 0.187 e. The lowest BCUT2D eigenvalue weighted by Gasteiger charge is -2.12. The summed E-state index contributed by atoms with van der Waals surface area (Å²) in [5, 5.41) is 4.13. The first-order valence-electron chi connectivity index (χ1n) is 11.2. The van der Waals surface area contributed by atoms with E-state index in [1.165, 1.54) is 46.8 Å². The van der Waals surface area contributed by atoms with Gasteiger partial charge in [0.25, 0.3) is 0 Å². The fourth-order valence-electron chi connectivity index (χ4n) is 3.51. The molecule has 37 heavy (non-hydrogen) atoms. The molecule has 0 aliphatic rings. The topological polar surface area (TPSA) is 100 Å². The van der Waals surface area contributed by atoms with Gasteiger partial charge in [0, 0.05) is 35.4 Å². The summed E-state index contributed by atoms with van der Waals surface area (Å²) in [7, 11) is 2.32. The zero-order valence-electron chi connectivity index (χ0n) is 21.1. The molecule has 0 heterocycles. The number of methoxy groups -OCH3 is 4. The number of anilines is 1. The molecule has 0 bridgehead atoms. The number of ether oxygens (including phenoxy) is 4. The minimum Gasteiger partial charge on any atom is -0.496 e. The van der Waals surface area contributed by atoms with Crippen molar-refractivity contribution in [1.82, 2.24) is 0 Å². The molecule has 0 spiro atoms. The summed E-state index contributed by atoms with van der Waals surface area (Å²) in [6, 6.07) is 17.2. The van der Waals surface area contributed by atoms with Crippen LogP contribution in [0.1, 0.15) is 21.5 Å². The molecule has 3 aromatic rings. The fourth-order valence-corrected chi connectivity index (χ4v) is 4.60. The highest BCUT2D eigenvalue weighted by Crippen LogP contribution is 2.35. The van der Waals surface area contributed by atoms with Crippen LogP contribution in [0.4, 0.5) is 5.69 Å². The highest BCUT2D eigenvalue weighted by molar-refractivity contribution is 7.93. The van der Waals surface area contributed by atoms with Crippen LogP contribution >= 0.6 is 0 Å². The number of sulfone groups is 1. The Labute approximate surface area is 217 Å². The standard InChI is InChI=1S/C28H29NO7S/c1-33-22-17-27(35-3)23(28(18-22)36-4)13-15-37(31,32)19-20-10-11-26(34-2)24(16-20)29-14-12-25(30)21-8-6-5-7-9-21/h5-18,29H,19H2,1-4H3/b14-12-,15-13+. The van der Waals surface area contributed by atoms with E-state index in [9.17, 15) is 13.2 Å². The van der Waals surface area contributed by atoms with E-state index < -0.39 is 9.84 Å². The number of benzene rings is 3. The lowest BCUT2D eigenvalue weighted by atomic mass is 10.1. The first-order chi connectivity index (χ1) is 17.8. The van der Waals surface area contributed by atoms with Crippen LogP contribution in [0.15, 0.2) is 78.3 Å². The molecule has 0 fully saturated rings. The zero-order chi connectivity index (χ0) is 26.8. The number of carbonyl (C=O) groups is 1. The molecule has 0 saturated carbocycles. The Bertz CT molecular complexity index is 1370. The van der Waals surface area contributed by atoms with Gasteiger partial charge in [0.05, 0.1) is 45.4 Å². The summed E-state index contributed by atoms with van der Waals surface area (Å²) in [4.78, 5) is 12.3. The lowest BCUT2D eigenvalue weighted by molar-refractivity contribution is 0.104. The first-order valence-corrected chi connectivity index (χ1v) is 12.9. The van der Waals surface area contributed by atoms with E-state index in [0.29, 0.717) is 45.4 Å². The van der Waals surface area contributed by atoms with Crippen LogP contribution in [0.2, 0.25) is 0 Å². The number of rotatable bonds is 12. The number of nitrogens with one attached hydrogen (secondary N) is 1. The van der Waals surface area contributed by atoms with Gasteiger partial charge in [-0.05, 0) is 23.8 Å². The average Bonchev–Trinajstić information content (AvgIpc) is 2.91. The van der Waals surface area contributed by atoms with Crippen molar-refractivity contribution < 1.29 is 32.2 Å². The van der Waals surface area contributed by atoms with Crippen molar-refractivity contribution in [2.45, 2.75) is 5.75 Å². The molecule has 0 amide bonds. The maximum Gasteiger partial charge on any atom is 0.187 e. The third-order valence-electron chi connectivity index (χ3n) is 5.36. The van der Waals surface area contributed by atoms with Crippen LogP contribution in [0, 0.1) is 0 Å². The summed E-state index contributed by atoms with van der Waals surface area (Å²) in [6.45, 7) is 0. The quantitative estimate of drug-likeness (QED) is 0.258. The molecule has 194 valence electrons. The van der Waals surface area contributed by atoms with Gasteiger partial charge in [-0.3, -0.25) is 4.79 Å². The minimum absolute atomic E-state index is 0.166. The highest BCUT2D eigenvalue weighted by atomic mass is 32.2. The van der Waals surface area contributed by atoms with Crippen LogP contribution in [-0.2, 0) is 15.6 Å². The van der Waals surface area contributed by atoms with Gasteiger partial charge in [-0.15, -0.1) is 0 Å². The highest BCUT2D eigenvalue weighted by Gasteiger charge is 2.15. The minimum atomic E-state index is -3.67. The monoisotopic (exact) mass is 523 g/mol. The molecule has 0 unspecified atom stereocenters. The number of ketones is 1. The molecule has 8 nitrogen and oxygen atoms in total. The van der Waals surface area contributed by atoms with Gasteiger partial charge in [-0.25, -0.2) is 8.42 Å². The fraction of sp³-hybridized carbons (Fsp3) is 0.179. The molecule has 0 aliphatic carbocycles. The van der Waals surface area contributed by atoms with Gasteiger partial charge in [-0.1, -0.05) is 36.4 Å². The number of allylic oxidation sites excluding steroid dienone is 1. The first kappa shape index (κ1) is 27.3. The molecule has 0 atom stereocenters. The molecular formula is C28H29NO7S. The number of hydrogen-bond acceptors (Lipinski definition) is 8. The van der Waals surface area contributed by atoms with E-state index in [2.05, 4.69) is 5.32 Å². The van der Waals surface area contributed by atoms with Gasteiger partial charge in [0.1, 0.15) is 23.0 Å². The van der Waals surface area contributed by atoms with E-state index in [-0.39, 0.29) is 11.5 Å². The van der Waals surface area contributed by atoms with Crippen LogP contribution in [0.3, 0.4) is 0 Å².